The Labute approximate surface area is 114 Å². The van der Waals surface area contributed by atoms with E-state index >= 15 is 0 Å². The number of carbonyl (C=O) groups excluding carboxylic acids is 1. The summed E-state index contributed by atoms with van der Waals surface area (Å²) in [6, 6.07) is 0.156. The van der Waals surface area contributed by atoms with Crippen molar-refractivity contribution >= 4 is 12.0 Å². The highest BCUT2D eigenvalue weighted by atomic mass is 16.4. The van der Waals surface area contributed by atoms with Gasteiger partial charge in [-0.2, -0.15) is 0 Å². The lowest BCUT2D eigenvalue weighted by molar-refractivity contribution is -0.137. The molecule has 1 unspecified atom stereocenters. The molecule has 1 fully saturated rings. The largest absolute Gasteiger partial charge is 0.481 e. The number of rotatable bonds is 7. The van der Waals surface area contributed by atoms with Gasteiger partial charge in [0.25, 0.3) is 0 Å². The summed E-state index contributed by atoms with van der Waals surface area (Å²) in [5.74, 6) is -0.446. The van der Waals surface area contributed by atoms with E-state index in [1.165, 1.54) is 0 Å². The molecule has 1 saturated heterocycles. The molecule has 6 heteroatoms. The van der Waals surface area contributed by atoms with Crippen molar-refractivity contribution < 1.29 is 14.7 Å². The average molecular weight is 271 g/mol. The van der Waals surface area contributed by atoms with Crippen LogP contribution in [0, 0.1) is 5.92 Å². The molecule has 0 spiro atoms. The fraction of sp³-hybridized carbons (Fsp3) is 0.846. The monoisotopic (exact) mass is 271 g/mol. The van der Waals surface area contributed by atoms with Crippen molar-refractivity contribution in [1.82, 2.24) is 16.0 Å². The lowest BCUT2D eigenvalue weighted by atomic mass is 10.0. The predicted molar refractivity (Wildman–Crippen MR) is 73.1 cm³/mol. The van der Waals surface area contributed by atoms with Gasteiger partial charge in [-0.3, -0.25) is 4.79 Å². The Balaban J connectivity index is 2.04. The Kier molecular flexibility index (Phi) is 7.25. The van der Waals surface area contributed by atoms with Crippen LogP contribution in [0.5, 0.6) is 0 Å². The number of piperidine rings is 1. The molecule has 0 aliphatic carbocycles. The van der Waals surface area contributed by atoms with E-state index in [0.29, 0.717) is 18.9 Å². The summed E-state index contributed by atoms with van der Waals surface area (Å²) in [5.41, 5.74) is 0. The van der Waals surface area contributed by atoms with Crippen LogP contribution in [0.1, 0.15) is 39.0 Å². The van der Waals surface area contributed by atoms with Gasteiger partial charge in [-0.05, 0) is 44.7 Å². The van der Waals surface area contributed by atoms with Gasteiger partial charge >= 0.3 is 12.0 Å². The fourth-order valence-electron chi connectivity index (χ4n) is 2.15. The first-order valence-corrected chi connectivity index (χ1v) is 7.05. The van der Waals surface area contributed by atoms with Crippen LogP contribution < -0.4 is 16.0 Å². The van der Waals surface area contributed by atoms with Crippen LogP contribution in [0.4, 0.5) is 4.79 Å². The summed E-state index contributed by atoms with van der Waals surface area (Å²) in [6.07, 6.45) is 3.62. The number of carbonyl (C=O) groups is 2. The molecule has 1 heterocycles. The van der Waals surface area contributed by atoms with Crippen LogP contribution in [-0.4, -0.2) is 42.8 Å². The van der Waals surface area contributed by atoms with Crippen LogP contribution in [0.2, 0.25) is 0 Å². The molecule has 1 atom stereocenters. The summed E-state index contributed by atoms with van der Waals surface area (Å²) < 4.78 is 0. The van der Waals surface area contributed by atoms with E-state index in [9.17, 15) is 9.59 Å². The second-order valence-corrected chi connectivity index (χ2v) is 5.25. The van der Waals surface area contributed by atoms with Crippen LogP contribution in [0.3, 0.4) is 0 Å². The quantitative estimate of drug-likeness (QED) is 0.554. The smallest absolute Gasteiger partial charge is 0.315 e. The first-order valence-electron chi connectivity index (χ1n) is 7.05. The summed E-state index contributed by atoms with van der Waals surface area (Å²) in [7, 11) is 0. The summed E-state index contributed by atoms with van der Waals surface area (Å²) >= 11 is 0. The summed E-state index contributed by atoms with van der Waals surface area (Å²) in [5, 5.41) is 17.6. The maximum atomic E-state index is 11.6. The molecule has 0 aromatic carbocycles. The molecule has 1 aliphatic rings. The van der Waals surface area contributed by atoms with Gasteiger partial charge in [0.2, 0.25) is 0 Å². The SMILES string of the molecule is CC(CCNC(=O)NC1CCNCC1)CCC(=O)O. The highest BCUT2D eigenvalue weighted by molar-refractivity contribution is 5.74. The van der Waals surface area contributed by atoms with Gasteiger partial charge in [0.1, 0.15) is 0 Å². The van der Waals surface area contributed by atoms with Gasteiger partial charge in [0, 0.05) is 19.0 Å². The van der Waals surface area contributed by atoms with Crippen molar-refractivity contribution in [2.75, 3.05) is 19.6 Å². The third kappa shape index (κ3) is 7.66. The lowest BCUT2D eigenvalue weighted by Crippen LogP contribution is -2.47. The van der Waals surface area contributed by atoms with Gasteiger partial charge in [0.05, 0.1) is 0 Å². The third-order valence-electron chi connectivity index (χ3n) is 3.45. The minimum Gasteiger partial charge on any atom is -0.481 e. The van der Waals surface area contributed by atoms with E-state index in [-0.39, 0.29) is 18.5 Å². The Morgan fingerprint density at radius 1 is 1.32 bits per heavy atom. The third-order valence-corrected chi connectivity index (χ3v) is 3.45. The van der Waals surface area contributed by atoms with Crippen LogP contribution in [-0.2, 0) is 4.79 Å². The summed E-state index contributed by atoms with van der Waals surface area (Å²) in [4.78, 5) is 22.0. The van der Waals surface area contributed by atoms with Crippen molar-refractivity contribution in [3.63, 3.8) is 0 Å². The number of aliphatic carboxylic acids is 1. The molecule has 110 valence electrons. The zero-order valence-electron chi connectivity index (χ0n) is 11.6. The zero-order chi connectivity index (χ0) is 14.1. The minimum absolute atomic E-state index is 0.114. The molecule has 1 rings (SSSR count). The van der Waals surface area contributed by atoms with Crippen molar-refractivity contribution in [3.8, 4) is 0 Å². The number of amides is 2. The molecule has 0 radical (unpaired) electrons. The van der Waals surface area contributed by atoms with Gasteiger partial charge in [-0.15, -0.1) is 0 Å². The number of carboxylic acids is 1. The molecular weight excluding hydrogens is 246 g/mol. The number of hydrogen-bond acceptors (Lipinski definition) is 3. The average Bonchev–Trinajstić information content (AvgIpc) is 2.37. The highest BCUT2D eigenvalue weighted by Gasteiger charge is 2.15. The number of hydrogen-bond donors (Lipinski definition) is 4. The van der Waals surface area contributed by atoms with E-state index in [1.54, 1.807) is 0 Å². The second kappa shape index (κ2) is 8.74. The molecule has 0 bridgehead atoms. The minimum atomic E-state index is -0.761. The number of urea groups is 1. The van der Waals surface area contributed by atoms with Crippen LogP contribution in [0.25, 0.3) is 0 Å². The van der Waals surface area contributed by atoms with Gasteiger partial charge in [0.15, 0.2) is 0 Å². The molecule has 19 heavy (non-hydrogen) atoms. The van der Waals surface area contributed by atoms with Gasteiger partial charge in [-0.1, -0.05) is 6.92 Å². The summed E-state index contributed by atoms with van der Waals surface area (Å²) in [6.45, 7) is 4.52. The molecule has 6 nitrogen and oxygen atoms in total. The Morgan fingerprint density at radius 3 is 2.63 bits per heavy atom. The lowest BCUT2D eigenvalue weighted by Gasteiger charge is -2.23. The zero-order valence-corrected chi connectivity index (χ0v) is 11.6. The van der Waals surface area contributed by atoms with Crippen molar-refractivity contribution in [2.24, 2.45) is 5.92 Å². The molecule has 0 saturated carbocycles. The molecule has 1 aliphatic heterocycles. The fourth-order valence-corrected chi connectivity index (χ4v) is 2.15. The van der Waals surface area contributed by atoms with Gasteiger partial charge < -0.3 is 21.1 Å². The van der Waals surface area contributed by atoms with Crippen LogP contribution >= 0.6 is 0 Å². The molecular formula is C13H25N3O3. The second-order valence-electron chi connectivity index (χ2n) is 5.25. The Bertz CT molecular complexity index is 291. The molecule has 2 amide bonds. The van der Waals surface area contributed by atoms with E-state index in [2.05, 4.69) is 16.0 Å². The Morgan fingerprint density at radius 2 is 2.00 bits per heavy atom. The normalized spacial score (nSPS) is 17.7. The molecule has 0 aromatic rings. The van der Waals surface area contributed by atoms with Crippen molar-refractivity contribution in [2.45, 2.75) is 45.1 Å². The maximum absolute atomic E-state index is 11.6. The van der Waals surface area contributed by atoms with E-state index in [0.717, 1.165) is 32.4 Å². The maximum Gasteiger partial charge on any atom is 0.315 e. The van der Waals surface area contributed by atoms with E-state index in [1.807, 2.05) is 6.92 Å². The predicted octanol–water partition coefficient (Wildman–Crippen LogP) is 0.929. The number of carboxylic acid groups (broad SMARTS) is 1. The van der Waals surface area contributed by atoms with Crippen LogP contribution in [0.15, 0.2) is 0 Å². The van der Waals surface area contributed by atoms with E-state index < -0.39 is 5.97 Å². The van der Waals surface area contributed by atoms with E-state index in [4.69, 9.17) is 5.11 Å². The Hall–Kier alpha value is -1.30. The number of nitrogens with one attached hydrogen (secondary N) is 3. The first-order chi connectivity index (χ1) is 9.08. The molecule has 0 aromatic heterocycles. The topological polar surface area (TPSA) is 90.5 Å². The standard InChI is InChI=1S/C13H25N3O3/c1-10(2-3-12(17)18)4-9-15-13(19)16-11-5-7-14-8-6-11/h10-11,14H,2-9H2,1H3,(H,17,18)(H2,15,16,19). The highest BCUT2D eigenvalue weighted by Crippen LogP contribution is 2.09. The van der Waals surface area contributed by atoms with Gasteiger partial charge in [-0.25, -0.2) is 4.79 Å². The molecule has 4 N–H and O–H groups in total. The van der Waals surface area contributed by atoms with Crippen molar-refractivity contribution in [3.05, 3.63) is 0 Å². The van der Waals surface area contributed by atoms with Crippen molar-refractivity contribution in [1.29, 1.82) is 0 Å². The first kappa shape index (κ1) is 15.8.